The number of rotatable bonds is 15. The summed E-state index contributed by atoms with van der Waals surface area (Å²) in [5.41, 5.74) is 6.58. The smallest absolute Gasteiger partial charge is 0.329 e. The van der Waals surface area contributed by atoms with Crippen LogP contribution < -0.4 is 21.7 Å². The third kappa shape index (κ3) is 11.3. The van der Waals surface area contributed by atoms with E-state index in [4.69, 9.17) is 10.5 Å². The number of pyridine rings is 1. The van der Waals surface area contributed by atoms with Crippen molar-refractivity contribution in [3.8, 4) is 0 Å². The van der Waals surface area contributed by atoms with Crippen LogP contribution in [-0.4, -0.2) is 94.1 Å². The lowest BCUT2D eigenvalue weighted by Crippen LogP contribution is -2.61. The number of piperidine rings is 1. The molecule has 2 heterocycles. The molecule has 0 bridgehead atoms. The number of likely N-dealkylation sites (tertiary alicyclic amines) is 1. The molecule has 2 aromatic carbocycles. The fourth-order valence-electron chi connectivity index (χ4n) is 7.59. The predicted octanol–water partition coefficient (Wildman–Crippen LogP) is 3.20. The Hall–Kier alpha value is -4.88. The number of nitrogens with two attached hydrogens (primary N) is 1. The molecule has 2 fully saturated rings. The molecule has 0 unspecified atom stereocenters. The second-order valence-corrected chi connectivity index (χ2v) is 15.4. The zero-order chi connectivity index (χ0) is 38.1. The molecule has 1 aromatic heterocycles. The third-order valence-corrected chi connectivity index (χ3v) is 10.1. The highest BCUT2D eigenvalue weighted by Crippen LogP contribution is 2.39. The molecular formula is C40H52N6O7. The van der Waals surface area contributed by atoms with E-state index in [9.17, 15) is 29.1 Å². The highest BCUT2D eigenvalue weighted by Gasteiger charge is 2.42. The van der Waals surface area contributed by atoms with Gasteiger partial charge in [-0.25, -0.2) is 9.78 Å². The molecule has 1 aliphatic carbocycles. The molecule has 5 rings (SSSR count). The van der Waals surface area contributed by atoms with Crippen molar-refractivity contribution in [1.82, 2.24) is 25.8 Å². The van der Waals surface area contributed by atoms with E-state index in [0.29, 0.717) is 30.3 Å². The van der Waals surface area contributed by atoms with Gasteiger partial charge in [0.15, 0.2) is 0 Å². The Morgan fingerprint density at radius 3 is 2.34 bits per heavy atom. The number of amides is 4. The number of ether oxygens (including phenoxy) is 1. The van der Waals surface area contributed by atoms with E-state index >= 15 is 0 Å². The summed E-state index contributed by atoms with van der Waals surface area (Å²) in [6.45, 7) is 5.95. The summed E-state index contributed by atoms with van der Waals surface area (Å²) in [5.74, 6) is -2.68. The maximum atomic E-state index is 14.1. The highest BCUT2D eigenvalue weighted by atomic mass is 16.5. The number of carbonyl (C=O) groups is 5. The van der Waals surface area contributed by atoms with Gasteiger partial charge in [0.25, 0.3) is 5.91 Å². The molecule has 3 aromatic rings. The van der Waals surface area contributed by atoms with Crippen LogP contribution in [-0.2, 0) is 30.3 Å². The van der Waals surface area contributed by atoms with Crippen LogP contribution in [0.5, 0.6) is 0 Å². The van der Waals surface area contributed by atoms with E-state index in [1.54, 1.807) is 18.2 Å². The van der Waals surface area contributed by atoms with Crippen LogP contribution >= 0.6 is 0 Å². The van der Waals surface area contributed by atoms with Crippen LogP contribution in [0.25, 0.3) is 10.9 Å². The van der Waals surface area contributed by atoms with Gasteiger partial charge < -0.3 is 31.5 Å². The van der Waals surface area contributed by atoms with E-state index in [-0.39, 0.29) is 24.6 Å². The molecule has 53 heavy (non-hydrogen) atoms. The number of carboxylic acids is 1. The van der Waals surface area contributed by atoms with Crippen molar-refractivity contribution in [2.45, 2.75) is 95.5 Å². The fraction of sp³-hybridized carbons (Fsp3) is 0.500. The van der Waals surface area contributed by atoms with Gasteiger partial charge in [-0.2, -0.15) is 0 Å². The molecule has 1 aliphatic heterocycles. The van der Waals surface area contributed by atoms with Gasteiger partial charge in [-0.05, 0) is 69.6 Å². The number of benzene rings is 2. The van der Waals surface area contributed by atoms with Crippen LogP contribution in [0.15, 0.2) is 66.7 Å². The molecule has 6 N–H and O–H groups in total. The molecule has 284 valence electrons. The molecule has 0 radical (unpaired) electrons. The lowest BCUT2D eigenvalue weighted by molar-refractivity contribution is -0.147. The molecule has 13 heteroatoms. The number of hydrogen-bond donors (Lipinski definition) is 5. The first-order valence-corrected chi connectivity index (χ1v) is 18.4. The zero-order valence-corrected chi connectivity index (χ0v) is 30.8. The summed E-state index contributed by atoms with van der Waals surface area (Å²) in [6, 6.07) is 17.2. The Kier molecular flexibility index (Phi) is 13.2. The Morgan fingerprint density at radius 1 is 0.943 bits per heavy atom. The molecular weight excluding hydrogens is 676 g/mol. The standard InChI is InChI=1S/C40H52N6O7/c1-40(2,3)45-39(52)33-20-27-14-7-8-15-28(27)22-46(33)23-34(53-24-36(48)49)31(19-25-11-5-4-6-12-25)43-38(51)32(21-35(41)47)44-37(50)30-18-17-26-13-9-10-16-29(26)42-30/h4-6,9-13,16-18,27-28,31-34H,7-8,14-15,19-24H2,1-3H3,(H2,41,47)(H,43,51)(H,44,50)(H,45,52)(H,48,49)/t27-,28+,31-,32-,33-,34+/m0/s1. The van der Waals surface area contributed by atoms with Crippen molar-refractivity contribution >= 4 is 40.5 Å². The number of aromatic nitrogens is 1. The van der Waals surface area contributed by atoms with Crippen molar-refractivity contribution in [3.63, 3.8) is 0 Å². The molecule has 6 atom stereocenters. The van der Waals surface area contributed by atoms with E-state index in [1.165, 1.54) is 6.07 Å². The highest BCUT2D eigenvalue weighted by molar-refractivity contribution is 5.99. The quantitative estimate of drug-likeness (QED) is 0.156. The minimum Gasteiger partial charge on any atom is -0.480 e. The lowest BCUT2D eigenvalue weighted by atomic mass is 9.72. The van der Waals surface area contributed by atoms with E-state index in [1.807, 2.05) is 63.2 Å². The fourth-order valence-corrected chi connectivity index (χ4v) is 7.59. The molecule has 1 saturated carbocycles. The number of aliphatic carboxylic acids is 1. The van der Waals surface area contributed by atoms with E-state index in [2.05, 4.69) is 25.8 Å². The summed E-state index contributed by atoms with van der Waals surface area (Å²) in [7, 11) is 0. The zero-order valence-electron chi connectivity index (χ0n) is 30.8. The average molecular weight is 729 g/mol. The summed E-state index contributed by atoms with van der Waals surface area (Å²) < 4.78 is 6.08. The third-order valence-electron chi connectivity index (χ3n) is 10.1. The van der Waals surface area contributed by atoms with Gasteiger partial charge in [0.05, 0.1) is 30.1 Å². The van der Waals surface area contributed by atoms with Gasteiger partial charge in [0.2, 0.25) is 17.7 Å². The van der Waals surface area contributed by atoms with Crippen molar-refractivity contribution in [2.24, 2.45) is 17.6 Å². The second kappa shape index (κ2) is 17.8. The number of hydrogen-bond acceptors (Lipinski definition) is 8. The van der Waals surface area contributed by atoms with Gasteiger partial charge in [0.1, 0.15) is 18.3 Å². The number of para-hydroxylation sites is 1. The first kappa shape index (κ1) is 39.3. The molecule has 4 amide bonds. The SMILES string of the molecule is CC(C)(C)NC(=O)[C@@H]1C[C@@H]2CCCC[C@@H]2CN1C[C@@H](OCC(=O)O)[C@H](Cc1ccccc1)NC(=O)[C@H](CC(N)=O)NC(=O)c1ccc2ccccc2n1. The number of carboxylic acid groups (broad SMARTS) is 1. The normalized spacial score (nSPS) is 20.7. The molecule has 1 saturated heterocycles. The van der Waals surface area contributed by atoms with Gasteiger partial charge >= 0.3 is 5.97 Å². The Bertz CT molecular complexity index is 1760. The minimum absolute atomic E-state index is 0.0557. The monoisotopic (exact) mass is 728 g/mol. The van der Waals surface area contributed by atoms with Crippen molar-refractivity contribution in [2.75, 3.05) is 19.7 Å². The minimum atomic E-state index is -1.37. The molecule has 0 spiro atoms. The van der Waals surface area contributed by atoms with Gasteiger partial charge in [-0.15, -0.1) is 0 Å². The van der Waals surface area contributed by atoms with Crippen molar-refractivity contribution in [1.29, 1.82) is 0 Å². The maximum absolute atomic E-state index is 14.1. The number of nitrogens with one attached hydrogen (secondary N) is 3. The number of carbonyl (C=O) groups excluding carboxylic acids is 4. The Morgan fingerprint density at radius 2 is 1.64 bits per heavy atom. The Labute approximate surface area is 310 Å². The summed E-state index contributed by atoms with van der Waals surface area (Å²) in [4.78, 5) is 71.9. The van der Waals surface area contributed by atoms with Crippen molar-refractivity contribution < 1.29 is 33.8 Å². The van der Waals surface area contributed by atoms with E-state index < -0.39 is 66.5 Å². The predicted molar refractivity (Wildman–Crippen MR) is 200 cm³/mol. The summed E-state index contributed by atoms with van der Waals surface area (Å²) >= 11 is 0. The average Bonchev–Trinajstić information content (AvgIpc) is 3.11. The lowest BCUT2D eigenvalue weighted by Gasteiger charge is -2.47. The second-order valence-electron chi connectivity index (χ2n) is 15.4. The van der Waals surface area contributed by atoms with E-state index in [0.717, 1.165) is 36.6 Å². The largest absolute Gasteiger partial charge is 0.480 e. The molecule has 13 nitrogen and oxygen atoms in total. The first-order chi connectivity index (χ1) is 25.3. The van der Waals surface area contributed by atoms with Gasteiger partial charge in [-0.1, -0.05) is 73.9 Å². The summed E-state index contributed by atoms with van der Waals surface area (Å²) in [5, 5.41) is 19.3. The van der Waals surface area contributed by atoms with Crippen LogP contribution in [0.3, 0.4) is 0 Å². The van der Waals surface area contributed by atoms with Gasteiger partial charge in [-0.3, -0.25) is 24.1 Å². The van der Waals surface area contributed by atoms with Gasteiger partial charge in [0, 0.05) is 24.0 Å². The van der Waals surface area contributed by atoms with Crippen LogP contribution in [0.2, 0.25) is 0 Å². The number of nitrogens with zero attached hydrogens (tertiary/aromatic N) is 2. The van der Waals surface area contributed by atoms with Crippen LogP contribution in [0.1, 0.15) is 75.3 Å². The Balaban J connectivity index is 1.44. The van der Waals surface area contributed by atoms with Crippen LogP contribution in [0, 0.1) is 11.8 Å². The number of fused-ring (bicyclic) bond motifs is 2. The van der Waals surface area contributed by atoms with Crippen LogP contribution in [0.4, 0.5) is 0 Å². The summed E-state index contributed by atoms with van der Waals surface area (Å²) in [6.07, 6.45) is 3.86. The first-order valence-electron chi connectivity index (χ1n) is 18.4. The maximum Gasteiger partial charge on any atom is 0.329 e. The molecule has 2 aliphatic rings. The van der Waals surface area contributed by atoms with Crippen molar-refractivity contribution in [3.05, 3.63) is 78.0 Å². The number of primary amides is 1. The topological polar surface area (TPSA) is 193 Å².